The highest BCUT2D eigenvalue weighted by molar-refractivity contribution is 5.83. The minimum atomic E-state index is -4.61. The van der Waals surface area contributed by atoms with E-state index in [9.17, 15) is 18.0 Å². The molecule has 1 aliphatic heterocycles. The van der Waals surface area contributed by atoms with Crippen molar-refractivity contribution in [2.45, 2.75) is 25.6 Å². The molecule has 4 aromatic rings. The number of nitrogens with one attached hydrogen (secondary N) is 2. The average molecular weight is 523 g/mol. The lowest BCUT2D eigenvalue weighted by atomic mass is 10.1. The number of hydrogen-bond acceptors (Lipinski definition) is 7. The number of H-pyrrole nitrogens is 1. The van der Waals surface area contributed by atoms with Gasteiger partial charge in [0.05, 0.1) is 16.7 Å². The predicted molar refractivity (Wildman–Crippen MR) is 134 cm³/mol. The van der Waals surface area contributed by atoms with E-state index < -0.39 is 12.0 Å². The third-order valence-corrected chi connectivity index (χ3v) is 6.77. The summed E-state index contributed by atoms with van der Waals surface area (Å²) in [6.45, 7) is 3.96. The predicted octanol–water partition coefficient (Wildman–Crippen LogP) is 4.23. The maximum atomic E-state index is 13.0. The third-order valence-electron chi connectivity index (χ3n) is 6.77. The van der Waals surface area contributed by atoms with Crippen LogP contribution in [-0.4, -0.2) is 66.8 Å². The maximum absolute atomic E-state index is 13.0. The van der Waals surface area contributed by atoms with Crippen LogP contribution in [0.2, 0.25) is 0 Å². The van der Waals surface area contributed by atoms with Gasteiger partial charge in [0.25, 0.3) is 0 Å². The Morgan fingerprint density at radius 3 is 2.55 bits per heavy atom. The van der Waals surface area contributed by atoms with Crippen LogP contribution in [0.3, 0.4) is 0 Å². The molecule has 4 heterocycles. The van der Waals surface area contributed by atoms with Crippen LogP contribution in [0, 0.1) is 5.92 Å². The van der Waals surface area contributed by atoms with Gasteiger partial charge in [0.15, 0.2) is 0 Å². The molecule has 2 N–H and O–H groups in total. The number of hydrogen-bond donors (Lipinski definition) is 2. The van der Waals surface area contributed by atoms with Crippen molar-refractivity contribution in [2.24, 2.45) is 5.92 Å². The summed E-state index contributed by atoms with van der Waals surface area (Å²) < 4.78 is 39.0. The number of aromatic nitrogens is 5. The largest absolute Gasteiger partial charge is 0.451 e. The van der Waals surface area contributed by atoms with E-state index >= 15 is 0 Å². The fraction of sp³-hybridized carbons (Fsp3) is 0.346. The van der Waals surface area contributed by atoms with E-state index in [0.717, 1.165) is 57.3 Å². The van der Waals surface area contributed by atoms with E-state index in [0.29, 0.717) is 34.3 Å². The topological polar surface area (TPSA) is 103 Å². The van der Waals surface area contributed by atoms with E-state index in [1.165, 1.54) is 6.07 Å². The first-order chi connectivity index (χ1) is 18.3. The Kier molecular flexibility index (Phi) is 6.18. The van der Waals surface area contributed by atoms with Crippen molar-refractivity contribution in [3.63, 3.8) is 0 Å². The second kappa shape index (κ2) is 9.67. The molecule has 2 aliphatic rings. The number of anilines is 2. The fourth-order valence-electron chi connectivity index (χ4n) is 4.62. The number of carbonyl (C=O) groups excluding carboxylic acids is 1. The second-order valence-corrected chi connectivity index (χ2v) is 9.63. The molecule has 0 radical (unpaired) electrons. The quantitative estimate of drug-likeness (QED) is 0.391. The van der Waals surface area contributed by atoms with E-state index in [1.54, 1.807) is 24.4 Å². The number of piperazine rings is 1. The minimum Gasteiger partial charge on any atom is -0.340 e. The molecule has 196 valence electrons. The molecule has 0 unspecified atom stereocenters. The normalized spacial score (nSPS) is 16.7. The van der Waals surface area contributed by atoms with E-state index in [-0.39, 0.29) is 11.6 Å². The first-order valence-corrected chi connectivity index (χ1v) is 12.5. The number of nitrogens with zero attached hydrogens (tertiary/aromatic N) is 6. The summed E-state index contributed by atoms with van der Waals surface area (Å²) in [5.41, 5.74) is 3.07. The minimum absolute atomic E-state index is 0.172. The Labute approximate surface area is 216 Å². The highest BCUT2D eigenvalue weighted by Crippen LogP contribution is 2.31. The molecule has 2 fully saturated rings. The first-order valence-electron chi connectivity index (χ1n) is 12.5. The van der Waals surface area contributed by atoms with Crippen LogP contribution in [0.4, 0.5) is 24.9 Å². The van der Waals surface area contributed by atoms with Crippen molar-refractivity contribution in [2.75, 3.05) is 31.5 Å². The molecule has 3 aromatic heterocycles. The van der Waals surface area contributed by atoms with Gasteiger partial charge >= 0.3 is 6.18 Å². The van der Waals surface area contributed by atoms with Crippen molar-refractivity contribution in [1.29, 1.82) is 0 Å². The van der Waals surface area contributed by atoms with Crippen LogP contribution in [0.15, 0.2) is 48.8 Å². The van der Waals surface area contributed by atoms with Gasteiger partial charge < -0.3 is 15.2 Å². The molecule has 0 spiro atoms. The molecule has 1 saturated heterocycles. The van der Waals surface area contributed by atoms with Gasteiger partial charge in [-0.05, 0) is 48.7 Å². The number of rotatable bonds is 6. The zero-order valence-corrected chi connectivity index (χ0v) is 20.4. The Bertz CT molecular complexity index is 1470. The van der Waals surface area contributed by atoms with Gasteiger partial charge in [0, 0.05) is 56.6 Å². The number of pyridine rings is 1. The molecule has 1 aromatic carbocycles. The van der Waals surface area contributed by atoms with Crippen molar-refractivity contribution < 1.29 is 18.0 Å². The SMILES string of the molecule is O=C(C1CC1)N1CCN(Cc2ccnc(Nc3nc4ccc(-c5ccnc(C(F)(F)F)n5)cc4[nH]3)c2)CC1. The molecule has 12 heteroatoms. The van der Waals surface area contributed by atoms with Crippen molar-refractivity contribution in [3.8, 4) is 11.3 Å². The molecule has 1 saturated carbocycles. The zero-order chi connectivity index (χ0) is 26.3. The van der Waals surface area contributed by atoms with Crippen LogP contribution in [0.1, 0.15) is 24.2 Å². The van der Waals surface area contributed by atoms with Crippen LogP contribution < -0.4 is 5.32 Å². The Morgan fingerprint density at radius 2 is 1.79 bits per heavy atom. The smallest absolute Gasteiger partial charge is 0.340 e. The molecule has 38 heavy (non-hydrogen) atoms. The molecule has 6 rings (SSSR count). The van der Waals surface area contributed by atoms with Crippen LogP contribution in [-0.2, 0) is 17.5 Å². The standard InChI is InChI=1S/C26H25F3N8O/c27-26(28,29)24-31-8-6-19(32-24)18-3-4-20-21(14-18)34-25(33-20)35-22-13-16(5-7-30-22)15-36-9-11-37(12-10-36)23(38)17-1-2-17/h3-8,13-14,17H,1-2,9-12,15H2,(H2,30,33,34,35). The van der Waals surface area contributed by atoms with Crippen LogP contribution >= 0.6 is 0 Å². The first kappa shape index (κ1) is 24.3. The summed E-state index contributed by atoms with van der Waals surface area (Å²) in [5.74, 6) is 0.472. The molecular weight excluding hydrogens is 497 g/mol. The summed E-state index contributed by atoms with van der Waals surface area (Å²) in [6, 6.07) is 10.5. The molecule has 1 aliphatic carbocycles. The van der Waals surface area contributed by atoms with E-state index in [1.807, 2.05) is 17.0 Å². The Hall–Kier alpha value is -4.06. The zero-order valence-electron chi connectivity index (χ0n) is 20.4. The lowest BCUT2D eigenvalue weighted by molar-refractivity contribution is -0.144. The second-order valence-electron chi connectivity index (χ2n) is 9.63. The summed E-state index contributed by atoms with van der Waals surface area (Å²) in [6.07, 6.45) is 0.280. The fourth-order valence-corrected chi connectivity index (χ4v) is 4.62. The van der Waals surface area contributed by atoms with Gasteiger partial charge in [-0.25, -0.2) is 19.9 Å². The lowest BCUT2D eigenvalue weighted by Gasteiger charge is -2.34. The number of benzene rings is 1. The monoisotopic (exact) mass is 522 g/mol. The number of amides is 1. The van der Waals surface area contributed by atoms with Gasteiger partial charge in [-0.3, -0.25) is 9.69 Å². The van der Waals surface area contributed by atoms with Gasteiger partial charge in [-0.2, -0.15) is 13.2 Å². The summed E-state index contributed by atoms with van der Waals surface area (Å²) in [4.78, 5) is 35.6. The van der Waals surface area contributed by atoms with Gasteiger partial charge in [0.2, 0.25) is 17.7 Å². The summed E-state index contributed by atoms with van der Waals surface area (Å²) in [7, 11) is 0. The Morgan fingerprint density at radius 1 is 1.00 bits per heavy atom. The molecule has 0 bridgehead atoms. The third kappa shape index (κ3) is 5.30. The number of fused-ring (bicyclic) bond motifs is 1. The average Bonchev–Trinajstić information content (AvgIpc) is 3.68. The van der Waals surface area contributed by atoms with Gasteiger partial charge in [-0.1, -0.05) is 6.07 Å². The van der Waals surface area contributed by atoms with Crippen molar-refractivity contribution >= 4 is 28.7 Å². The number of imidazole rings is 1. The Balaban J connectivity index is 1.12. The number of halogens is 3. The number of aromatic amines is 1. The molecule has 9 nitrogen and oxygen atoms in total. The van der Waals surface area contributed by atoms with Crippen molar-refractivity contribution in [1.82, 2.24) is 34.7 Å². The lowest BCUT2D eigenvalue weighted by Crippen LogP contribution is -2.48. The number of carbonyl (C=O) groups is 1. The summed E-state index contributed by atoms with van der Waals surface area (Å²) >= 11 is 0. The van der Waals surface area contributed by atoms with Gasteiger partial charge in [-0.15, -0.1) is 0 Å². The van der Waals surface area contributed by atoms with Crippen LogP contribution in [0.5, 0.6) is 0 Å². The van der Waals surface area contributed by atoms with E-state index in [4.69, 9.17) is 0 Å². The highest BCUT2D eigenvalue weighted by atomic mass is 19.4. The summed E-state index contributed by atoms with van der Waals surface area (Å²) in [5, 5.41) is 3.18. The maximum Gasteiger partial charge on any atom is 0.451 e. The van der Waals surface area contributed by atoms with E-state index in [2.05, 4.69) is 35.1 Å². The van der Waals surface area contributed by atoms with Crippen LogP contribution in [0.25, 0.3) is 22.3 Å². The molecule has 1 amide bonds. The van der Waals surface area contributed by atoms with Gasteiger partial charge in [0.1, 0.15) is 5.82 Å². The highest BCUT2D eigenvalue weighted by Gasteiger charge is 2.35. The number of alkyl halides is 3. The van der Waals surface area contributed by atoms with Crippen molar-refractivity contribution in [3.05, 3.63) is 60.2 Å². The molecule has 0 atom stereocenters. The molecular formula is C26H25F3N8O.